The highest BCUT2D eigenvalue weighted by molar-refractivity contribution is 9.10. The summed E-state index contributed by atoms with van der Waals surface area (Å²) in [6, 6.07) is 18.5. The highest BCUT2D eigenvalue weighted by Crippen LogP contribution is 2.33. The normalized spacial score (nSPS) is 12.9. The molecule has 0 heterocycles. The minimum absolute atomic E-state index is 0.00933. The Morgan fingerprint density at radius 3 is 2.28 bits per heavy atom. The van der Waals surface area contributed by atoms with Crippen molar-refractivity contribution in [3.05, 3.63) is 92.9 Å². The van der Waals surface area contributed by atoms with Gasteiger partial charge in [0.25, 0.3) is 10.0 Å². The number of hydrogen-bond donors (Lipinski definition) is 1. The van der Waals surface area contributed by atoms with E-state index in [0.29, 0.717) is 5.02 Å². The highest BCUT2D eigenvalue weighted by atomic mass is 79.9. The van der Waals surface area contributed by atoms with Crippen molar-refractivity contribution in [1.29, 1.82) is 0 Å². The van der Waals surface area contributed by atoms with Crippen LogP contribution in [0.1, 0.15) is 32.8 Å². The van der Waals surface area contributed by atoms with Crippen LogP contribution in [0, 0.1) is 0 Å². The van der Waals surface area contributed by atoms with Crippen molar-refractivity contribution in [2.24, 2.45) is 0 Å². The third-order valence-electron chi connectivity index (χ3n) is 6.20. The zero-order valence-electron chi connectivity index (χ0n) is 21.8. The van der Waals surface area contributed by atoms with Crippen molar-refractivity contribution < 1.29 is 18.0 Å². The Hall–Kier alpha value is -2.59. The standard InChI is InChI=1S/C28H30BrCl2N3O4S/c1-4-19(2)32-28(36)20(3)33(17-21-9-8-10-22(29)15-21)27(35)18-34(26-14-13-23(30)16-25(26)31)39(37,38)24-11-6-5-7-12-24/h5-16,19-20H,4,17-18H2,1-3H3,(H,32,36)/t19-,20+/m1/s1. The fourth-order valence-electron chi connectivity index (χ4n) is 3.80. The third kappa shape index (κ3) is 7.97. The Kier molecular flexibility index (Phi) is 10.8. The summed E-state index contributed by atoms with van der Waals surface area (Å²) in [6.07, 6.45) is 0.718. The number of carbonyl (C=O) groups excluding carboxylic acids is 2. The van der Waals surface area contributed by atoms with Gasteiger partial charge in [-0.25, -0.2) is 8.42 Å². The van der Waals surface area contributed by atoms with E-state index in [-0.39, 0.29) is 34.1 Å². The smallest absolute Gasteiger partial charge is 0.264 e. The molecular formula is C28H30BrCl2N3O4S. The average molecular weight is 655 g/mol. The number of nitrogens with zero attached hydrogens (tertiary/aromatic N) is 2. The molecule has 39 heavy (non-hydrogen) atoms. The lowest BCUT2D eigenvalue weighted by molar-refractivity contribution is -0.139. The monoisotopic (exact) mass is 653 g/mol. The topological polar surface area (TPSA) is 86.8 Å². The quantitative estimate of drug-likeness (QED) is 0.264. The van der Waals surface area contributed by atoms with Crippen LogP contribution in [-0.4, -0.2) is 43.8 Å². The van der Waals surface area contributed by atoms with Gasteiger partial charge in [-0.15, -0.1) is 0 Å². The number of halogens is 3. The van der Waals surface area contributed by atoms with Gasteiger partial charge in [-0.2, -0.15) is 0 Å². The molecule has 0 unspecified atom stereocenters. The van der Waals surface area contributed by atoms with Crippen molar-refractivity contribution in [3.8, 4) is 0 Å². The maximum atomic E-state index is 13.9. The fraction of sp³-hybridized carbons (Fsp3) is 0.286. The van der Waals surface area contributed by atoms with Crippen molar-refractivity contribution in [2.45, 2.75) is 50.7 Å². The summed E-state index contributed by atoms with van der Waals surface area (Å²) in [5, 5.41) is 3.29. The minimum Gasteiger partial charge on any atom is -0.352 e. The highest BCUT2D eigenvalue weighted by Gasteiger charge is 2.33. The van der Waals surface area contributed by atoms with Gasteiger partial charge in [0, 0.05) is 22.1 Å². The van der Waals surface area contributed by atoms with Gasteiger partial charge in [-0.3, -0.25) is 13.9 Å². The molecule has 11 heteroatoms. The number of benzene rings is 3. The van der Waals surface area contributed by atoms with Crippen LogP contribution in [0.15, 0.2) is 82.2 Å². The van der Waals surface area contributed by atoms with E-state index in [2.05, 4.69) is 21.2 Å². The van der Waals surface area contributed by atoms with Crippen LogP contribution >= 0.6 is 39.1 Å². The van der Waals surface area contributed by atoms with E-state index < -0.39 is 28.5 Å². The van der Waals surface area contributed by atoms with Gasteiger partial charge in [0.2, 0.25) is 11.8 Å². The number of amides is 2. The molecule has 0 aliphatic heterocycles. The van der Waals surface area contributed by atoms with Gasteiger partial charge in [-0.1, -0.05) is 76.4 Å². The van der Waals surface area contributed by atoms with Gasteiger partial charge < -0.3 is 10.2 Å². The summed E-state index contributed by atoms with van der Waals surface area (Å²) in [4.78, 5) is 28.4. The number of nitrogens with one attached hydrogen (secondary N) is 1. The van der Waals surface area contributed by atoms with Gasteiger partial charge >= 0.3 is 0 Å². The van der Waals surface area contributed by atoms with Crippen molar-refractivity contribution in [1.82, 2.24) is 10.2 Å². The largest absolute Gasteiger partial charge is 0.352 e. The lowest BCUT2D eigenvalue weighted by Gasteiger charge is -2.32. The summed E-state index contributed by atoms with van der Waals surface area (Å²) >= 11 is 15.9. The van der Waals surface area contributed by atoms with Crippen LogP contribution in [0.2, 0.25) is 10.0 Å². The second-order valence-corrected chi connectivity index (χ2v) is 12.7. The molecule has 7 nitrogen and oxygen atoms in total. The van der Waals surface area contributed by atoms with Gasteiger partial charge in [0.1, 0.15) is 12.6 Å². The first kappa shape index (κ1) is 30.9. The molecule has 0 saturated carbocycles. The first-order chi connectivity index (χ1) is 18.4. The van der Waals surface area contributed by atoms with Crippen LogP contribution in [0.25, 0.3) is 0 Å². The maximum absolute atomic E-state index is 13.9. The number of rotatable bonds is 11. The van der Waals surface area contributed by atoms with Crippen LogP contribution in [0.5, 0.6) is 0 Å². The van der Waals surface area contributed by atoms with Crippen LogP contribution in [0.4, 0.5) is 5.69 Å². The Balaban J connectivity index is 2.05. The van der Waals surface area contributed by atoms with E-state index in [0.717, 1.165) is 20.8 Å². The molecule has 2 atom stereocenters. The summed E-state index contributed by atoms with van der Waals surface area (Å²) in [6.45, 7) is 4.94. The second-order valence-electron chi connectivity index (χ2n) is 9.07. The first-order valence-electron chi connectivity index (χ1n) is 12.3. The summed E-state index contributed by atoms with van der Waals surface area (Å²) < 4.78 is 29.4. The molecule has 0 bridgehead atoms. The molecule has 0 aromatic heterocycles. The lowest BCUT2D eigenvalue weighted by atomic mass is 10.1. The number of anilines is 1. The molecule has 3 aromatic carbocycles. The Bertz CT molecular complexity index is 1420. The van der Waals surface area contributed by atoms with Crippen LogP contribution in [0.3, 0.4) is 0 Å². The molecule has 0 aliphatic rings. The Morgan fingerprint density at radius 2 is 1.67 bits per heavy atom. The average Bonchev–Trinajstić information content (AvgIpc) is 2.90. The molecule has 0 radical (unpaired) electrons. The molecule has 0 spiro atoms. The molecule has 3 aromatic rings. The SMILES string of the molecule is CC[C@@H](C)NC(=O)[C@H](C)N(Cc1cccc(Br)c1)C(=O)CN(c1ccc(Cl)cc1Cl)S(=O)(=O)c1ccccc1. The predicted octanol–water partition coefficient (Wildman–Crippen LogP) is 6.28. The zero-order valence-corrected chi connectivity index (χ0v) is 25.7. The lowest BCUT2D eigenvalue weighted by Crippen LogP contribution is -2.52. The van der Waals surface area contributed by atoms with E-state index in [1.807, 2.05) is 38.1 Å². The minimum atomic E-state index is -4.22. The van der Waals surface area contributed by atoms with E-state index in [9.17, 15) is 18.0 Å². The second kappa shape index (κ2) is 13.7. The van der Waals surface area contributed by atoms with Crippen molar-refractivity contribution in [3.63, 3.8) is 0 Å². The summed E-state index contributed by atoms with van der Waals surface area (Å²) in [5.41, 5.74) is 0.861. The van der Waals surface area contributed by atoms with Crippen LogP contribution < -0.4 is 9.62 Å². The van der Waals surface area contributed by atoms with E-state index in [1.165, 1.54) is 35.2 Å². The molecule has 3 rings (SSSR count). The van der Waals surface area contributed by atoms with Crippen molar-refractivity contribution >= 4 is 66.7 Å². The number of carbonyl (C=O) groups is 2. The zero-order chi connectivity index (χ0) is 28.7. The molecule has 2 amide bonds. The number of hydrogen-bond acceptors (Lipinski definition) is 4. The first-order valence-corrected chi connectivity index (χ1v) is 15.3. The summed E-state index contributed by atoms with van der Waals surface area (Å²) in [5.74, 6) is -0.915. The molecule has 0 saturated heterocycles. The molecule has 0 fully saturated rings. The van der Waals surface area contributed by atoms with Crippen LogP contribution in [-0.2, 0) is 26.2 Å². The van der Waals surface area contributed by atoms with E-state index in [1.54, 1.807) is 25.1 Å². The van der Waals surface area contributed by atoms with E-state index >= 15 is 0 Å². The Labute approximate surface area is 248 Å². The van der Waals surface area contributed by atoms with E-state index in [4.69, 9.17) is 23.2 Å². The third-order valence-corrected chi connectivity index (χ3v) is 9.00. The number of sulfonamides is 1. The molecule has 1 N–H and O–H groups in total. The molecule has 208 valence electrons. The van der Waals surface area contributed by atoms with Gasteiger partial charge in [0.05, 0.1) is 15.6 Å². The molecule has 0 aliphatic carbocycles. The van der Waals surface area contributed by atoms with Gasteiger partial charge in [-0.05, 0) is 68.3 Å². The van der Waals surface area contributed by atoms with Crippen molar-refractivity contribution in [2.75, 3.05) is 10.8 Å². The fourth-order valence-corrected chi connectivity index (χ4v) is 6.26. The maximum Gasteiger partial charge on any atom is 0.264 e. The predicted molar refractivity (Wildman–Crippen MR) is 159 cm³/mol. The summed E-state index contributed by atoms with van der Waals surface area (Å²) in [7, 11) is -4.22. The molecular weight excluding hydrogens is 625 g/mol. The Morgan fingerprint density at radius 1 is 0.974 bits per heavy atom. The van der Waals surface area contributed by atoms with Gasteiger partial charge in [0.15, 0.2) is 0 Å².